The summed E-state index contributed by atoms with van der Waals surface area (Å²) in [6, 6.07) is 8.34. The lowest BCUT2D eigenvalue weighted by Gasteiger charge is -2.37. The highest BCUT2D eigenvalue weighted by Crippen LogP contribution is 2.38. The van der Waals surface area contributed by atoms with Crippen LogP contribution >= 0.6 is 11.8 Å². The molecule has 0 saturated carbocycles. The van der Waals surface area contributed by atoms with Crippen LogP contribution in [0.25, 0.3) is 0 Å². The lowest BCUT2D eigenvalue weighted by molar-refractivity contribution is -0.132. The van der Waals surface area contributed by atoms with E-state index in [4.69, 9.17) is 5.11 Å². The molecule has 114 valence electrons. The van der Waals surface area contributed by atoms with Gasteiger partial charge in [0.15, 0.2) is 0 Å². The van der Waals surface area contributed by atoms with E-state index in [0.29, 0.717) is 6.54 Å². The Morgan fingerprint density at radius 3 is 2.76 bits per heavy atom. The third kappa shape index (κ3) is 3.25. The van der Waals surface area contributed by atoms with Crippen LogP contribution < -0.4 is 0 Å². The number of benzene rings is 1. The van der Waals surface area contributed by atoms with Gasteiger partial charge in [0.2, 0.25) is 5.91 Å². The van der Waals surface area contributed by atoms with Gasteiger partial charge in [-0.1, -0.05) is 24.3 Å². The molecule has 1 aromatic carbocycles. The van der Waals surface area contributed by atoms with Crippen LogP contribution in [0.4, 0.5) is 0 Å². The maximum atomic E-state index is 12.8. The first-order valence-corrected chi connectivity index (χ1v) is 8.66. The standard InChI is InChI=1S/C16H22N2O2S/c19-11-10-17-6-8-18(9-7-17)16(20)15-14-4-2-1-3-13(14)5-12-21-15/h1-4,15,19H,5-12H2/t15-/m0/s1. The van der Waals surface area contributed by atoms with Crippen LogP contribution in [0.1, 0.15) is 16.4 Å². The molecular weight excluding hydrogens is 284 g/mol. The number of fused-ring (bicyclic) bond motifs is 1. The fourth-order valence-electron chi connectivity index (χ4n) is 3.10. The fraction of sp³-hybridized carbons (Fsp3) is 0.562. The molecule has 0 spiro atoms. The molecular formula is C16H22N2O2S. The van der Waals surface area contributed by atoms with Crippen molar-refractivity contribution in [2.45, 2.75) is 11.7 Å². The fourth-order valence-corrected chi connectivity index (χ4v) is 4.37. The monoisotopic (exact) mass is 306 g/mol. The summed E-state index contributed by atoms with van der Waals surface area (Å²) >= 11 is 1.77. The number of aliphatic hydroxyl groups excluding tert-OH is 1. The van der Waals surface area contributed by atoms with E-state index in [-0.39, 0.29) is 17.8 Å². The lowest BCUT2D eigenvalue weighted by atomic mass is 10.0. The van der Waals surface area contributed by atoms with Gasteiger partial charge in [-0.25, -0.2) is 0 Å². The summed E-state index contributed by atoms with van der Waals surface area (Å²) in [5, 5.41) is 8.95. The van der Waals surface area contributed by atoms with Gasteiger partial charge in [-0.05, 0) is 23.3 Å². The first-order valence-electron chi connectivity index (χ1n) is 7.61. The number of aryl methyl sites for hydroxylation is 1. The molecule has 21 heavy (non-hydrogen) atoms. The summed E-state index contributed by atoms with van der Waals surface area (Å²) in [6.07, 6.45) is 1.06. The van der Waals surface area contributed by atoms with Crippen molar-refractivity contribution in [2.75, 3.05) is 45.1 Å². The molecule has 1 amide bonds. The molecule has 2 aliphatic heterocycles. The molecule has 1 aromatic rings. The number of rotatable bonds is 3. The molecule has 0 radical (unpaired) electrons. The predicted molar refractivity (Wildman–Crippen MR) is 85.5 cm³/mol. The van der Waals surface area contributed by atoms with Crippen LogP contribution in [0.3, 0.4) is 0 Å². The van der Waals surface area contributed by atoms with E-state index in [2.05, 4.69) is 23.1 Å². The zero-order valence-electron chi connectivity index (χ0n) is 12.2. The molecule has 2 heterocycles. The number of piperazine rings is 1. The van der Waals surface area contributed by atoms with E-state index >= 15 is 0 Å². The molecule has 1 fully saturated rings. The average Bonchev–Trinajstić information content (AvgIpc) is 2.55. The summed E-state index contributed by atoms with van der Waals surface area (Å²) in [5.74, 6) is 1.29. The summed E-state index contributed by atoms with van der Waals surface area (Å²) in [4.78, 5) is 17.0. The second kappa shape index (κ2) is 6.81. The Balaban J connectivity index is 1.67. The minimum absolute atomic E-state index is 0.0284. The Morgan fingerprint density at radius 2 is 2.00 bits per heavy atom. The maximum absolute atomic E-state index is 12.8. The molecule has 1 atom stereocenters. The molecule has 3 rings (SSSR count). The van der Waals surface area contributed by atoms with E-state index < -0.39 is 0 Å². The van der Waals surface area contributed by atoms with Crippen molar-refractivity contribution in [3.63, 3.8) is 0 Å². The number of aliphatic hydroxyl groups is 1. The van der Waals surface area contributed by atoms with Crippen LogP contribution in [0.2, 0.25) is 0 Å². The highest BCUT2D eigenvalue weighted by molar-refractivity contribution is 8.00. The van der Waals surface area contributed by atoms with Crippen molar-refractivity contribution < 1.29 is 9.90 Å². The van der Waals surface area contributed by atoms with Crippen LogP contribution in [0, 0.1) is 0 Å². The number of hydrogen-bond donors (Lipinski definition) is 1. The molecule has 4 nitrogen and oxygen atoms in total. The van der Waals surface area contributed by atoms with E-state index in [0.717, 1.165) is 38.4 Å². The summed E-state index contributed by atoms with van der Waals surface area (Å²) < 4.78 is 0. The Hall–Kier alpha value is -1.04. The van der Waals surface area contributed by atoms with Gasteiger partial charge >= 0.3 is 0 Å². The van der Waals surface area contributed by atoms with E-state index in [9.17, 15) is 4.79 Å². The number of carbonyl (C=O) groups is 1. The second-order valence-corrected chi connectivity index (χ2v) is 6.80. The number of hydrogen-bond acceptors (Lipinski definition) is 4. The number of amides is 1. The van der Waals surface area contributed by atoms with Gasteiger partial charge in [0, 0.05) is 32.7 Å². The van der Waals surface area contributed by atoms with Gasteiger partial charge in [0.1, 0.15) is 5.25 Å². The van der Waals surface area contributed by atoms with Crippen molar-refractivity contribution in [3.8, 4) is 0 Å². The van der Waals surface area contributed by atoms with E-state index in [1.807, 2.05) is 11.0 Å². The van der Waals surface area contributed by atoms with Gasteiger partial charge in [-0.3, -0.25) is 9.69 Å². The molecule has 0 aliphatic carbocycles. The zero-order chi connectivity index (χ0) is 14.7. The minimum Gasteiger partial charge on any atom is -0.395 e. The molecule has 1 saturated heterocycles. The highest BCUT2D eigenvalue weighted by atomic mass is 32.2. The molecule has 0 aromatic heterocycles. The average molecular weight is 306 g/mol. The Kier molecular flexibility index (Phi) is 4.83. The van der Waals surface area contributed by atoms with Crippen LogP contribution in [0.5, 0.6) is 0 Å². The smallest absolute Gasteiger partial charge is 0.240 e. The van der Waals surface area contributed by atoms with E-state index in [1.165, 1.54) is 11.1 Å². The van der Waals surface area contributed by atoms with Crippen molar-refractivity contribution in [1.29, 1.82) is 0 Å². The highest BCUT2D eigenvalue weighted by Gasteiger charge is 2.31. The number of nitrogens with zero attached hydrogens (tertiary/aromatic N) is 2. The quantitative estimate of drug-likeness (QED) is 0.910. The third-order valence-electron chi connectivity index (χ3n) is 4.32. The van der Waals surface area contributed by atoms with Gasteiger partial charge in [0.05, 0.1) is 6.61 Å². The number of thioether (sulfide) groups is 1. The first kappa shape index (κ1) is 14.9. The van der Waals surface area contributed by atoms with Crippen LogP contribution in [0.15, 0.2) is 24.3 Å². The van der Waals surface area contributed by atoms with E-state index in [1.54, 1.807) is 11.8 Å². The summed E-state index contributed by atoms with van der Waals surface area (Å²) in [5.41, 5.74) is 2.53. The normalized spacial score (nSPS) is 22.9. The maximum Gasteiger partial charge on any atom is 0.240 e. The van der Waals surface area contributed by atoms with Gasteiger partial charge in [0.25, 0.3) is 0 Å². The predicted octanol–water partition coefficient (Wildman–Crippen LogP) is 1.15. The largest absolute Gasteiger partial charge is 0.395 e. The van der Waals surface area contributed by atoms with Crippen LogP contribution in [-0.4, -0.2) is 65.9 Å². The Bertz CT molecular complexity index is 501. The van der Waals surface area contributed by atoms with Crippen molar-refractivity contribution >= 4 is 17.7 Å². The van der Waals surface area contributed by atoms with Crippen molar-refractivity contribution in [2.24, 2.45) is 0 Å². The third-order valence-corrected chi connectivity index (χ3v) is 5.55. The Morgan fingerprint density at radius 1 is 1.24 bits per heavy atom. The molecule has 0 bridgehead atoms. The first-order chi connectivity index (χ1) is 10.3. The minimum atomic E-state index is -0.0284. The SMILES string of the molecule is O=C([C@H]1SCCc2ccccc21)N1CCN(CCO)CC1. The Labute approximate surface area is 130 Å². The van der Waals surface area contributed by atoms with Gasteiger partial charge in [-0.15, -0.1) is 11.8 Å². The number of carbonyl (C=O) groups excluding carboxylic acids is 1. The summed E-state index contributed by atoms with van der Waals surface area (Å²) in [6.45, 7) is 4.19. The van der Waals surface area contributed by atoms with Crippen LogP contribution in [-0.2, 0) is 11.2 Å². The van der Waals surface area contributed by atoms with Gasteiger partial charge in [-0.2, -0.15) is 0 Å². The molecule has 5 heteroatoms. The zero-order valence-corrected chi connectivity index (χ0v) is 13.0. The molecule has 2 aliphatic rings. The lowest BCUT2D eigenvalue weighted by Crippen LogP contribution is -2.50. The van der Waals surface area contributed by atoms with Crippen molar-refractivity contribution in [3.05, 3.63) is 35.4 Å². The van der Waals surface area contributed by atoms with Crippen molar-refractivity contribution in [1.82, 2.24) is 9.80 Å². The van der Waals surface area contributed by atoms with Gasteiger partial charge < -0.3 is 10.0 Å². The topological polar surface area (TPSA) is 43.8 Å². The summed E-state index contributed by atoms with van der Waals surface area (Å²) in [7, 11) is 0. The molecule has 1 N–H and O–H groups in total. The second-order valence-electron chi connectivity index (χ2n) is 5.59. The number of β-amino-alcohol motifs (C(OH)–C–C–N with tert-alkyl or cyclic N) is 1. The molecule has 0 unspecified atom stereocenters.